The molecule has 0 amide bonds. The van der Waals surface area contributed by atoms with Gasteiger partial charge in [0.15, 0.2) is 0 Å². The Bertz CT molecular complexity index is 567. The first-order valence-electron chi connectivity index (χ1n) is 7.21. The zero-order chi connectivity index (χ0) is 15.1. The minimum atomic E-state index is -0.499. The number of rotatable bonds is 3. The van der Waals surface area contributed by atoms with Crippen LogP contribution in [-0.4, -0.2) is 11.6 Å². The molecule has 0 N–H and O–H groups in total. The highest BCUT2D eigenvalue weighted by Gasteiger charge is 2.39. The lowest BCUT2D eigenvalue weighted by Crippen LogP contribution is -2.34. The summed E-state index contributed by atoms with van der Waals surface area (Å²) in [6.45, 7) is 13.7. The monoisotopic (exact) mass is 272 g/mol. The van der Waals surface area contributed by atoms with Crippen molar-refractivity contribution < 1.29 is 9.53 Å². The maximum absolute atomic E-state index is 11.8. The molecule has 1 aliphatic rings. The molecule has 1 aromatic rings. The molecule has 0 spiro atoms. The summed E-state index contributed by atoms with van der Waals surface area (Å²) in [7, 11) is 0. The molecule has 0 bridgehead atoms. The second-order valence-electron chi connectivity index (χ2n) is 6.52. The highest BCUT2D eigenvalue weighted by molar-refractivity contribution is 5.87. The molecular weight excluding hydrogens is 248 g/mol. The van der Waals surface area contributed by atoms with Gasteiger partial charge in [-0.1, -0.05) is 24.3 Å². The Morgan fingerprint density at radius 2 is 2.00 bits per heavy atom. The van der Waals surface area contributed by atoms with Crippen LogP contribution in [0.3, 0.4) is 0 Å². The zero-order valence-electron chi connectivity index (χ0n) is 13.2. The number of aryl methyl sites for hydroxylation is 3. The maximum atomic E-state index is 11.8. The van der Waals surface area contributed by atoms with Crippen molar-refractivity contribution >= 4 is 5.97 Å². The van der Waals surface area contributed by atoms with Crippen LogP contribution in [0.2, 0.25) is 0 Å². The normalized spacial score (nSPS) is 17.8. The fourth-order valence-corrected chi connectivity index (χ4v) is 3.31. The van der Waals surface area contributed by atoms with Gasteiger partial charge in [0.1, 0.15) is 5.60 Å². The Morgan fingerprint density at radius 3 is 2.60 bits per heavy atom. The van der Waals surface area contributed by atoms with Crippen LogP contribution >= 0.6 is 0 Å². The second kappa shape index (κ2) is 5.08. The summed E-state index contributed by atoms with van der Waals surface area (Å²) in [6.07, 6.45) is 2.10. The van der Waals surface area contributed by atoms with Gasteiger partial charge in [-0.05, 0) is 64.2 Å². The van der Waals surface area contributed by atoms with Crippen LogP contribution in [0, 0.1) is 13.8 Å². The molecule has 0 aliphatic heterocycles. The zero-order valence-corrected chi connectivity index (χ0v) is 13.2. The molecule has 1 aliphatic carbocycles. The molecule has 2 heteroatoms. The summed E-state index contributed by atoms with van der Waals surface area (Å²) in [5.74, 6) is -0.0328. The highest BCUT2D eigenvalue weighted by atomic mass is 16.6. The number of carbonyl (C=O) groups excluding carboxylic acids is 1. The lowest BCUT2D eigenvalue weighted by Gasteiger charge is -2.33. The third-order valence-electron chi connectivity index (χ3n) is 4.21. The van der Waals surface area contributed by atoms with Gasteiger partial charge in [0.05, 0.1) is 0 Å². The molecule has 2 nitrogen and oxygen atoms in total. The van der Waals surface area contributed by atoms with Gasteiger partial charge in [-0.2, -0.15) is 0 Å². The number of hydrogen-bond donors (Lipinski definition) is 0. The number of hydrogen-bond acceptors (Lipinski definition) is 2. The topological polar surface area (TPSA) is 26.3 Å². The quantitative estimate of drug-likeness (QED) is 0.608. The van der Waals surface area contributed by atoms with Gasteiger partial charge in [0.2, 0.25) is 0 Å². The molecule has 108 valence electrons. The van der Waals surface area contributed by atoms with Crippen molar-refractivity contribution in [3.8, 4) is 0 Å². The largest absolute Gasteiger partial charge is 0.456 e. The second-order valence-corrected chi connectivity index (χ2v) is 6.52. The van der Waals surface area contributed by atoms with Gasteiger partial charge >= 0.3 is 5.97 Å². The van der Waals surface area contributed by atoms with Gasteiger partial charge in [0, 0.05) is 11.5 Å². The number of fused-ring (bicyclic) bond motifs is 1. The number of ether oxygens (including phenoxy) is 1. The molecular formula is C18H24O2. The van der Waals surface area contributed by atoms with Gasteiger partial charge in [0.25, 0.3) is 0 Å². The van der Waals surface area contributed by atoms with Crippen LogP contribution in [0.25, 0.3) is 0 Å². The highest BCUT2D eigenvalue weighted by Crippen LogP contribution is 2.44. The van der Waals surface area contributed by atoms with Gasteiger partial charge in [-0.25, -0.2) is 4.79 Å². The molecule has 0 fully saturated rings. The van der Waals surface area contributed by atoms with E-state index in [1.54, 1.807) is 6.92 Å². The van der Waals surface area contributed by atoms with Gasteiger partial charge < -0.3 is 4.74 Å². The smallest absolute Gasteiger partial charge is 0.333 e. The first-order valence-corrected chi connectivity index (χ1v) is 7.21. The molecule has 2 rings (SSSR count). The third-order valence-corrected chi connectivity index (χ3v) is 4.21. The predicted octanol–water partition coefficient (Wildman–Crippen LogP) is 4.23. The molecule has 0 radical (unpaired) electrons. The Balaban J connectivity index is 2.33. The molecule has 0 saturated heterocycles. The van der Waals surface area contributed by atoms with E-state index in [1.807, 2.05) is 13.8 Å². The Labute approximate surface area is 121 Å². The summed E-state index contributed by atoms with van der Waals surface area (Å²) in [6, 6.07) is 4.48. The van der Waals surface area contributed by atoms with Gasteiger partial charge in [-0.3, -0.25) is 0 Å². The summed E-state index contributed by atoms with van der Waals surface area (Å²) in [5.41, 5.74) is 5.35. The van der Waals surface area contributed by atoms with Gasteiger partial charge in [-0.15, -0.1) is 0 Å². The van der Waals surface area contributed by atoms with E-state index in [0.29, 0.717) is 5.57 Å². The molecule has 0 heterocycles. The van der Waals surface area contributed by atoms with Crippen LogP contribution in [0.15, 0.2) is 24.3 Å². The van der Waals surface area contributed by atoms with Crippen LogP contribution in [-0.2, 0) is 16.0 Å². The first kappa shape index (κ1) is 14.8. The van der Waals surface area contributed by atoms with Crippen LogP contribution < -0.4 is 0 Å². The summed E-state index contributed by atoms with van der Waals surface area (Å²) >= 11 is 0. The van der Waals surface area contributed by atoms with Crippen molar-refractivity contribution in [2.75, 3.05) is 0 Å². The fourth-order valence-electron chi connectivity index (χ4n) is 3.31. The predicted molar refractivity (Wildman–Crippen MR) is 82.0 cm³/mol. The molecule has 1 unspecified atom stereocenters. The average Bonchev–Trinajstić information content (AvgIpc) is 2.72. The fraction of sp³-hybridized carbons (Fsp3) is 0.500. The molecule has 1 atom stereocenters. The Kier molecular flexibility index (Phi) is 3.77. The molecule has 20 heavy (non-hydrogen) atoms. The van der Waals surface area contributed by atoms with Crippen molar-refractivity contribution in [2.24, 2.45) is 0 Å². The van der Waals surface area contributed by atoms with E-state index >= 15 is 0 Å². The minimum absolute atomic E-state index is 0.265. The standard InChI is InChI=1S/C18H24O2/c1-11(2)17(19)20-18(5,6)15-8-7-14-10-12(3)9-13(4)16(14)15/h9-10,15H,1,7-8H2,2-6H3. The number of esters is 1. The lowest BCUT2D eigenvalue weighted by atomic mass is 9.83. The summed E-state index contributed by atoms with van der Waals surface area (Å²) in [4.78, 5) is 11.8. The molecule has 0 aromatic heterocycles. The summed E-state index contributed by atoms with van der Waals surface area (Å²) < 4.78 is 5.69. The van der Waals surface area contributed by atoms with E-state index in [4.69, 9.17) is 4.74 Å². The van der Waals surface area contributed by atoms with Crippen molar-refractivity contribution in [2.45, 2.75) is 59.0 Å². The van der Waals surface area contributed by atoms with E-state index in [9.17, 15) is 4.79 Å². The molecule has 1 aromatic carbocycles. The lowest BCUT2D eigenvalue weighted by molar-refractivity contribution is -0.153. The van der Waals surface area contributed by atoms with Crippen LogP contribution in [0.1, 0.15) is 55.4 Å². The third kappa shape index (κ3) is 2.65. The number of benzene rings is 1. The maximum Gasteiger partial charge on any atom is 0.333 e. The van der Waals surface area contributed by atoms with Crippen molar-refractivity contribution in [3.05, 3.63) is 46.5 Å². The van der Waals surface area contributed by atoms with E-state index in [-0.39, 0.29) is 11.9 Å². The summed E-state index contributed by atoms with van der Waals surface area (Å²) in [5, 5.41) is 0. The van der Waals surface area contributed by atoms with E-state index in [2.05, 4.69) is 32.6 Å². The van der Waals surface area contributed by atoms with Crippen LogP contribution in [0.5, 0.6) is 0 Å². The Morgan fingerprint density at radius 1 is 1.35 bits per heavy atom. The van der Waals surface area contributed by atoms with Crippen molar-refractivity contribution in [1.82, 2.24) is 0 Å². The van der Waals surface area contributed by atoms with Crippen LogP contribution in [0.4, 0.5) is 0 Å². The molecule has 0 saturated carbocycles. The minimum Gasteiger partial charge on any atom is -0.456 e. The number of carbonyl (C=O) groups is 1. The first-order chi connectivity index (χ1) is 9.22. The van der Waals surface area contributed by atoms with E-state index in [0.717, 1.165) is 12.8 Å². The SMILES string of the molecule is C=C(C)C(=O)OC(C)(C)C1CCc2cc(C)cc(C)c21. The van der Waals surface area contributed by atoms with Crippen molar-refractivity contribution in [3.63, 3.8) is 0 Å². The Hall–Kier alpha value is -1.57. The van der Waals surface area contributed by atoms with E-state index in [1.165, 1.54) is 22.3 Å². The van der Waals surface area contributed by atoms with Crippen molar-refractivity contribution in [1.29, 1.82) is 0 Å². The average molecular weight is 272 g/mol. The van der Waals surface area contributed by atoms with E-state index < -0.39 is 5.60 Å².